The Bertz CT molecular complexity index is 298. The van der Waals surface area contributed by atoms with Crippen molar-refractivity contribution in [2.24, 2.45) is 5.10 Å². The molecule has 1 aliphatic rings. The molecule has 4 nitrogen and oxygen atoms in total. The standard InChI is InChI=1S/C7H8N4S/c1-11-5-12-7(10-11)6-4-8-2-3-9-6/h2-4H,5H2,1H3. The average Bonchev–Trinajstić information content (AvgIpc) is 2.54. The van der Waals surface area contributed by atoms with Crippen molar-refractivity contribution in [1.29, 1.82) is 0 Å². The van der Waals surface area contributed by atoms with Crippen LogP contribution < -0.4 is 0 Å². The largest absolute Gasteiger partial charge is 0.289 e. The van der Waals surface area contributed by atoms with Gasteiger partial charge in [0.05, 0.1) is 12.1 Å². The van der Waals surface area contributed by atoms with Crippen molar-refractivity contribution in [1.82, 2.24) is 15.0 Å². The lowest BCUT2D eigenvalue weighted by molar-refractivity contribution is 0.429. The van der Waals surface area contributed by atoms with E-state index in [0.717, 1.165) is 16.6 Å². The summed E-state index contributed by atoms with van der Waals surface area (Å²) in [5.41, 5.74) is 0.854. The molecule has 5 heteroatoms. The van der Waals surface area contributed by atoms with Gasteiger partial charge in [0.25, 0.3) is 0 Å². The van der Waals surface area contributed by atoms with Crippen molar-refractivity contribution in [2.45, 2.75) is 0 Å². The summed E-state index contributed by atoms with van der Waals surface area (Å²) in [4.78, 5) is 8.13. The Balaban J connectivity index is 2.27. The van der Waals surface area contributed by atoms with Crippen molar-refractivity contribution in [3.63, 3.8) is 0 Å². The molecule has 2 rings (SSSR count). The molecule has 0 aromatic carbocycles. The Kier molecular flexibility index (Phi) is 1.95. The predicted octanol–water partition coefficient (Wildman–Crippen LogP) is 0.774. The normalized spacial score (nSPS) is 16.4. The maximum absolute atomic E-state index is 4.27. The molecule has 0 N–H and O–H groups in total. The van der Waals surface area contributed by atoms with Crippen LogP contribution in [0.25, 0.3) is 0 Å². The summed E-state index contributed by atoms with van der Waals surface area (Å²) < 4.78 is 0. The Labute approximate surface area is 74.7 Å². The van der Waals surface area contributed by atoms with E-state index >= 15 is 0 Å². The van der Waals surface area contributed by atoms with Crippen LogP contribution >= 0.6 is 11.8 Å². The van der Waals surface area contributed by atoms with E-state index in [1.54, 1.807) is 30.4 Å². The molecule has 0 radical (unpaired) electrons. The van der Waals surface area contributed by atoms with Gasteiger partial charge >= 0.3 is 0 Å². The van der Waals surface area contributed by atoms with E-state index < -0.39 is 0 Å². The maximum Gasteiger partial charge on any atom is 0.145 e. The SMILES string of the molecule is CN1CSC(c2cnccn2)=N1. The summed E-state index contributed by atoms with van der Waals surface area (Å²) in [6, 6.07) is 0. The van der Waals surface area contributed by atoms with E-state index in [-0.39, 0.29) is 0 Å². The molecule has 62 valence electrons. The summed E-state index contributed by atoms with van der Waals surface area (Å²) in [7, 11) is 1.94. The van der Waals surface area contributed by atoms with Gasteiger partial charge in [0.2, 0.25) is 0 Å². The number of aromatic nitrogens is 2. The molecule has 12 heavy (non-hydrogen) atoms. The van der Waals surface area contributed by atoms with E-state index in [1.165, 1.54) is 0 Å². The lowest BCUT2D eigenvalue weighted by Crippen LogP contribution is -2.03. The molecule has 0 fully saturated rings. The van der Waals surface area contributed by atoms with Gasteiger partial charge in [-0.25, -0.2) is 0 Å². The number of thioether (sulfide) groups is 1. The summed E-state index contributed by atoms with van der Waals surface area (Å²) in [5, 5.41) is 7.10. The first-order valence-corrected chi connectivity index (χ1v) is 4.54. The van der Waals surface area contributed by atoms with Gasteiger partial charge in [0.1, 0.15) is 10.7 Å². The number of rotatable bonds is 1. The van der Waals surface area contributed by atoms with Crippen molar-refractivity contribution >= 4 is 16.8 Å². The van der Waals surface area contributed by atoms with E-state index in [2.05, 4.69) is 15.1 Å². The van der Waals surface area contributed by atoms with Gasteiger partial charge in [0, 0.05) is 19.4 Å². The van der Waals surface area contributed by atoms with Crippen molar-refractivity contribution in [3.8, 4) is 0 Å². The van der Waals surface area contributed by atoms with Gasteiger partial charge in [-0.2, -0.15) is 5.10 Å². The number of hydrogen-bond acceptors (Lipinski definition) is 5. The first-order valence-electron chi connectivity index (χ1n) is 3.55. The Morgan fingerprint density at radius 1 is 1.50 bits per heavy atom. The topological polar surface area (TPSA) is 41.4 Å². The first-order chi connectivity index (χ1) is 5.86. The van der Waals surface area contributed by atoms with Gasteiger partial charge in [-0.05, 0) is 0 Å². The maximum atomic E-state index is 4.27. The van der Waals surface area contributed by atoms with E-state index in [9.17, 15) is 0 Å². The summed E-state index contributed by atoms with van der Waals surface area (Å²) in [6.45, 7) is 0. The molecule has 0 saturated heterocycles. The monoisotopic (exact) mass is 180 g/mol. The second kappa shape index (κ2) is 3.10. The molecule has 1 aromatic heterocycles. The molecule has 1 aromatic rings. The minimum absolute atomic E-state index is 0.854. The Morgan fingerprint density at radius 2 is 2.42 bits per heavy atom. The van der Waals surface area contributed by atoms with E-state index in [0.29, 0.717) is 0 Å². The van der Waals surface area contributed by atoms with Gasteiger partial charge in [-0.3, -0.25) is 15.0 Å². The quantitative estimate of drug-likeness (QED) is 0.640. The average molecular weight is 180 g/mol. The van der Waals surface area contributed by atoms with Gasteiger partial charge in [-0.15, -0.1) is 0 Å². The van der Waals surface area contributed by atoms with Crippen LogP contribution in [-0.4, -0.2) is 32.9 Å². The highest BCUT2D eigenvalue weighted by atomic mass is 32.2. The van der Waals surface area contributed by atoms with Crippen molar-refractivity contribution in [3.05, 3.63) is 24.3 Å². The fourth-order valence-corrected chi connectivity index (χ4v) is 1.72. The molecule has 2 heterocycles. The lowest BCUT2D eigenvalue weighted by Gasteiger charge is -1.99. The van der Waals surface area contributed by atoms with E-state index in [1.807, 2.05) is 12.1 Å². The molecular weight excluding hydrogens is 172 g/mol. The zero-order valence-electron chi connectivity index (χ0n) is 6.64. The molecule has 0 aliphatic carbocycles. The van der Waals surface area contributed by atoms with Crippen LogP contribution in [-0.2, 0) is 0 Å². The third-order valence-electron chi connectivity index (χ3n) is 1.43. The molecule has 0 saturated carbocycles. The fourth-order valence-electron chi connectivity index (χ4n) is 0.902. The molecule has 0 bridgehead atoms. The number of hydrogen-bond donors (Lipinski definition) is 0. The van der Waals surface area contributed by atoms with Crippen LogP contribution in [0.3, 0.4) is 0 Å². The second-order valence-electron chi connectivity index (χ2n) is 2.43. The predicted molar refractivity (Wildman–Crippen MR) is 48.8 cm³/mol. The number of nitrogens with zero attached hydrogens (tertiary/aromatic N) is 4. The van der Waals surface area contributed by atoms with Crippen LogP contribution in [0.4, 0.5) is 0 Å². The fraction of sp³-hybridized carbons (Fsp3) is 0.286. The molecule has 0 unspecified atom stereocenters. The molecule has 0 amide bonds. The highest BCUT2D eigenvalue weighted by molar-refractivity contribution is 8.14. The van der Waals surface area contributed by atoms with Crippen molar-refractivity contribution in [2.75, 3.05) is 12.9 Å². The molecule has 0 atom stereocenters. The van der Waals surface area contributed by atoms with Gasteiger partial charge in [0.15, 0.2) is 0 Å². The summed E-state index contributed by atoms with van der Waals surface area (Å²) in [5.74, 6) is 0.895. The Morgan fingerprint density at radius 3 is 3.00 bits per heavy atom. The molecule has 1 aliphatic heterocycles. The van der Waals surface area contributed by atoms with Crippen LogP contribution in [0.5, 0.6) is 0 Å². The van der Waals surface area contributed by atoms with Gasteiger partial charge in [-0.1, -0.05) is 11.8 Å². The lowest BCUT2D eigenvalue weighted by atomic mass is 10.5. The third-order valence-corrected chi connectivity index (χ3v) is 2.50. The smallest absolute Gasteiger partial charge is 0.145 e. The van der Waals surface area contributed by atoms with Crippen LogP contribution in [0.2, 0.25) is 0 Å². The summed E-state index contributed by atoms with van der Waals surface area (Å²) in [6.07, 6.45) is 5.06. The highest BCUT2D eigenvalue weighted by Gasteiger charge is 2.14. The summed E-state index contributed by atoms with van der Waals surface area (Å²) >= 11 is 1.68. The van der Waals surface area contributed by atoms with Crippen LogP contribution in [0.1, 0.15) is 5.69 Å². The Hall–Kier alpha value is -1.10. The first kappa shape index (κ1) is 7.54. The highest BCUT2D eigenvalue weighted by Crippen LogP contribution is 2.18. The van der Waals surface area contributed by atoms with Crippen LogP contribution in [0.15, 0.2) is 23.7 Å². The zero-order valence-corrected chi connectivity index (χ0v) is 7.45. The second-order valence-corrected chi connectivity index (χ2v) is 3.36. The number of hydrazone groups is 1. The van der Waals surface area contributed by atoms with Gasteiger partial charge < -0.3 is 0 Å². The van der Waals surface area contributed by atoms with Crippen molar-refractivity contribution < 1.29 is 0 Å². The minimum Gasteiger partial charge on any atom is -0.289 e. The molecule has 0 spiro atoms. The third kappa shape index (κ3) is 1.40. The molecular formula is C7H8N4S. The minimum atomic E-state index is 0.854. The van der Waals surface area contributed by atoms with E-state index in [4.69, 9.17) is 0 Å². The zero-order chi connectivity index (χ0) is 8.39. The van der Waals surface area contributed by atoms with Crippen LogP contribution in [0, 0.1) is 0 Å².